The first kappa shape index (κ1) is 15.7. The molecule has 0 bridgehead atoms. The Morgan fingerprint density at radius 2 is 2.14 bits per heavy atom. The van der Waals surface area contributed by atoms with Gasteiger partial charge < -0.3 is 5.32 Å². The highest BCUT2D eigenvalue weighted by Gasteiger charge is 2.32. The van der Waals surface area contributed by atoms with E-state index in [1.54, 1.807) is 0 Å². The molecule has 1 amide bonds. The Kier molecular flexibility index (Phi) is 4.24. The fourth-order valence-electron chi connectivity index (χ4n) is 1.54. The van der Waals surface area contributed by atoms with Crippen molar-refractivity contribution in [1.29, 1.82) is 0 Å². The topological polar surface area (TPSA) is 94.7 Å². The molecule has 1 N–H and O–H groups in total. The minimum Gasteiger partial charge on any atom is -0.347 e. The van der Waals surface area contributed by atoms with E-state index in [1.165, 1.54) is 17.9 Å². The van der Waals surface area contributed by atoms with Gasteiger partial charge in [-0.05, 0) is 6.07 Å². The van der Waals surface area contributed by atoms with E-state index in [4.69, 9.17) is 0 Å². The Hall–Kier alpha value is -2.72. The molecule has 0 saturated carbocycles. The summed E-state index contributed by atoms with van der Waals surface area (Å²) in [6.45, 7) is -0.636. The van der Waals surface area contributed by atoms with Crippen molar-refractivity contribution in [3.8, 4) is 0 Å². The molecule has 0 aromatic carbocycles. The SMILES string of the molecule is Cn1cnn(CC(=O)NCc2nccc(C(F)(F)F)n2)c1=O. The predicted molar refractivity (Wildman–Crippen MR) is 66.3 cm³/mol. The van der Waals surface area contributed by atoms with Gasteiger partial charge in [-0.25, -0.2) is 19.4 Å². The van der Waals surface area contributed by atoms with E-state index in [2.05, 4.69) is 20.4 Å². The molecular weight excluding hydrogens is 305 g/mol. The maximum absolute atomic E-state index is 12.5. The first-order chi connectivity index (χ1) is 10.3. The van der Waals surface area contributed by atoms with E-state index < -0.39 is 23.5 Å². The molecule has 0 radical (unpaired) electrons. The van der Waals surface area contributed by atoms with Crippen LogP contribution in [0, 0.1) is 0 Å². The molecule has 2 heterocycles. The van der Waals surface area contributed by atoms with Crippen LogP contribution in [0.1, 0.15) is 11.5 Å². The van der Waals surface area contributed by atoms with Crippen molar-refractivity contribution >= 4 is 5.91 Å². The van der Waals surface area contributed by atoms with E-state index in [-0.39, 0.29) is 18.9 Å². The van der Waals surface area contributed by atoms with Crippen molar-refractivity contribution < 1.29 is 18.0 Å². The highest BCUT2D eigenvalue weighted by molar-refractivity contribution is 5.75. The van der Waals surface area contributed by atoms with Crippen LogP contribution in [0.4, 0.5) is 13.2 Å². The number of hydrogen-bond acceptors (Lipinski definition) is 5. The Labute approximate surface area is 121 Å². The van der Waals surface area contributed by atoms with Crippen molar-refractivity contribution in [2.45, 2.75) is 19.3 Å². The Balaban J connectivity index is 1.97. The first-order valence-corrected chi connectivity index (χ1v) is 6.01. The van der Waals surface area contributed by atoms with Crippen LogP contribution in [0.2, 0.25) is 0 Å². The maximum atomic E-state index is 12.5. The van der Waals surface area contributed by atoms with Gasteiger partial charge in [0.25, 0.3) is 0 Å². The number of hydrogen-bond donors (Lipinski definition) is 1. The molecule has 22 heavy (non-hydrogen) atoms. The summed E-state index contributed by atoms with van der Waals surface area (Å²) in [6, 6.07) is 0.735. The zero-order valence-corrected chi connectivity index (χ0v) is 11.3. The van der Waals surface area contributed by atoms with Crippen molar-refractivity contribution in [3.05, 3.63) is 40.6 Å². The Morgan fingerprint density at radius 3 is 2.73 bits per heavy atom. The number of nitrogens with one attached hydrogen (secondary N) is 1. The molecule has 118 valence electrons. The summed E-state index contributed by atoms with van der Waals surface area (Å²) in [6.07, 6.45) is -2.38. The zero-order chi connectivity index (χ0) is 16.3. The van der Waals surface area contributed by atoms with Gasteiger partial charge in [0.15, 0.2) is 0 Å². The molecule has 0 saturated heterocycles. The summed E-state index contributed by atoms with van der Waals surface area (Å²) in [7, 11) is 1.47. The number of carbonyl (C=O) groups is 1. The average Bonchev–Trinajstić information content (AvgIpc) is 2.77. The monoisotopic (exact) mass is 316 g/mol. The lowest BCUT2D eigenvalue weighted by atomic mass is 10.4. The molecule has 0 aliphatic rings. The molecule has 0 fully saturated rings. The number of aromatic nitrogens is 5. The van der Waals surface area contributed by atoms with Crippen LogP contribution in [0.15, 0.2) is 23.4 Å². The van der Waals surface area contributed by atoms with Crippen LogP contribution in [-0.2, 0) is 31.1 Å². The summed E-state index contributed by atoms with van der Waals surface area (Å²) in [4.78, 5) is 30.0. The van der Waals surface area contributed by atoms with E-state index in [1.807, 2.05) is 0 Å². The lowest BCUT2D eigenvalue weighted by Gasteiger charge is -2.07. The molecule has 8 nitrogen and oxygen atoms in total. The van der Waals surface area contributed by atoms with Crippen LogP contribution >= 0.6 is 0 Å². The molecule has 2 aromatic rings. The van der Waals surface area contributed by atoms with Gasteiger partial charge in [0.05, 0.1) is 6.54 Å². The highest BCUT2D eigenvalue weighted by Crippen LogP contribution is 2.26. The van der Waals surface area contributed by atoms with E-state index in [0.29, 0.717) is 0 Å². The molecule has 0 aliphatic heterocycles. The van der Waals surface area contributed by atoms with Crippen molar-refractivity contribution in [2.75, 3.05) is 0 Å². The highest BCUT2D eigenvalue weighted by atomic mass is 19.4. The molecule has 0 aliphatic carbocycles. The summed E-state index contributed by atoms with van der Waals surface area (Å²) in [5.41, 5.74) is -1.57. The average molecular weight is 316 g/mol. The standard InChI is InChI=1S/C11H11F3N6O2/c1-19-6-17-20(10(19)22)5-9(21)16-4-8-15-3-2-7(18-8)11(12,13)14/h2-3,6H,4-5H2,1H3,(H,16,21). The van der Waals surface area contributed by atoms with Crippen LogP contribution in [0.25, 0.3) is 0 Å². The quantitative estimate of drug-likeness (QED) is 0.836. The van der Waals surface area contributed by atoms with Gasteiger partial charge in [0.1, 0.15) is 24.4 Å². The van der Waals surface area contributed by atoms with Crippen LogP contribution < -0.4 is 11.0 Å². The van der Waals surface area contributed by atoms with Crippen LogP contribution in [0.3, 0.4) is 0 Å². The largest absolute Gasteiger partial charge is 0.433 e. The van der Waals surface area contributed by atoms with Crippen LogP contribution in [-0.4, -0.2) is 30.2 Å². The van der Waals surface area contributed by atoms with E-state index in [9.17, 15) is 22.8 Å². The number of carbonyl (C=O) groups excluding carboxylic acids is 1. The lowest BCUT2D eigenvalue weighted by molar-refractivity contribution is -0.141. The van der Waals surface area contributed by atoms with Gasteiger partial charge >= 0.3 is 11.9 Å². The van der Waals surface area contributed by atoms with Gasteiger partial charge in [-0.3, -0.25) is 9.36 Å². The fourth-order valence-corrected chi connectivity index (χ4v) is 1.54. The van der Waals surface area contributed by atoms with Gasteiger partial charge in [0.2, 0.25) is 5.91 Å². The molecule has 0 unspecified atom stereocenters. The summed E-state index contributed by atoms with van der Waals surface area (Å²) in [5.74, 6) is -0.779. The van der Waals surface area contributed by atoms with E-state index >= 15 is 0 Å². The number of aryl methyl sites for hydroxylation is 1. The molecule has 0 atom stereocenters. The third-order valence-electron chi connectivity index (χ3n) is 2.62. The van der Waals surface area contributed by atoms with Gasteiger partial charge in [-0.2, -0.15) is 18.3 Å². The lowest BCUT2D eigenvalue weighted by Crippen LogP contribution is -2.33. The maximum Gasteiger partial charge on any atom is 0.433 e. The minimum atomic E-state index is -4.58. The molecule has 2 rings (SSSR count). The van der Waals surface area contributed by atoms with Crippen molar-refractivity contribution in [3.63, 3.8) is 0 Å². The minimum absolute atomic E-state index is 0.184. The number of amides is 1. The second kappa shape index (κ2) is 5.95. The predicted octanol–water partition coefficient (Wildman–Crippen LogP) is -0.293. The third kappa shape index (κ3) is 3.68. The van der Waals surface area contributed by atoms with Gasteiger partial charge in [0, 0.05) is 13.2 Å². The Morgan fingerprint density at radius 1 is 1.41 bits per heavy atom. The Bertz CT molecular complexity index is 736. The van der Waals surface area contributed by atoms with E-state index in [0.717, 1.165) is 16.9 Å². The number of alkyl halides is 3. The second-order valence-corrected chi connectivity index (χ2v) is 4.31. The molecule has 11 heteroatoms. The number of nitrogens with zero attached hydrogens (tertiary/aromatic N) is 5. The van der Waals surface area contributed by atoms with Gasteiger partial charge in [-0.15, -0.1) is 0 Å². The number of halogens is 3. The van der Waals surface area contributed by atoms with Gasteiger partial charge in [-0.1, -0.05) is 0 Å². The third-order valence-corrected chi connectivity index (χ3v) is 2.62. The summed E-state index contributed by atoms with van der Waals surface area (Å²) >= 11 is 0. The first-order valence-electron chi connectivity index (χ1n) is 6.01. The summed E-state index contributed by atoms with van der Waals surface area (Å²) in [5, 5.41) is 6.01. The molecule has 0 spiro atoms. The molecule has 2 aromatic heterocycles. The fraction of sp³-hybridized carbons (Fsp3) is 0.364. The van der Waals surface area contributed by atoms with Crippen molar-refractivity contribution in [1.82, 2.24) is 29.6 Å². The smallest absolute Gasteiger partial charge is 0.347 e. The molecular formula is C11H11F3N6O2. The van der Waals surface area contributed by atoms with Crippen LogP contribution in [0.5, 0.6) is 0 Å². The number of rotatable bonds is 4. The second-order valence-electron chi connectivity index (χ2n) is 4.31. The van der Waals surface area contributed by atoms with Crippen molar-refractivity contribution in [2.24, 2.45) is 7.05 Å². The zero-order valence-electron chi connectivity index (χ0n) is 11.3. The summed E-state index contributed by atoms with van der Waals surface area (Å²) < 4.78 is 39.5. The normalized spacial score (nSPS) is 11.5.